The van der Waals surface area contributed by atoms with E-state index >= 15 is 0 Å². The molecule has 0 saturated heterocycles. The number of nitrogens with two attached hydrogens (primary N) is 1. The molecule has 0 aliphatic rings. The highest BCUT2D eigenvalue weighted by molar-refractivity contribution is 5.85. The molecule has 0 fully saturated rings. The number of halogens is 1. The number of hydrogen-bond acceptors (Lipinski definition) is 4. The molecule has 0 aliphatic carbocycles. The maximum Gasteiger partial charge on any atom is 0.221 e. The second-order valence-electron chi connectivity index (χ2n) is 5.29. The highest BCUT2D eigenvalue weighted by atomic mass is 35.5. The van der Waals surface area contributed by atoms with Crippen molar-refractivity contribution in [3.63, 3.8) is 0 Å². The van der Waals surface area contributed by atoms with Gasteiger partial charge in [-0.3, -0.25) is 4.79 Å². The van der Waals surface area contributed by atoms with E-state index in [1.165, 1.54) is 6.42 Å². The standard InChI is InChI=1S/C17H28N2O3.ClH/c1-4-5-6-11-22-15-8-7-14(12-16(15)21-3)13(2)19-17(20)9-10-18;/h7-8,12-13H,4-6,9-11,18H2,1-3H3,(H,19,20);1H. The van der Waals surface area contributed by atoms with Crippen LogP contribution in [0.3, 0.4) is 0 Å². The molecule has 1 aromatic rings. The quantitative estimate of drug-likeness (QED) is 0.639. The van der Waals surface area contributed by atoms with Crippen molar-refractivity contribution >= 4 is 18.3 Å². The Morgan fingerprint density at radius 1 is 1.30 bits per heavy atom. The number of nitrogens with one attached hydrogen (secondary N) is 1. The molecule has 1 amide bonds. The molecule has 0 aliphatic heterocycles. The molecular weight excluding hydrogens is 316 g/mol. The number of methoxy groups -OCH3 is 1. The number of carbonyl (C=O) groups is 1. The first-order valence-corrected chi connectivity index (χ1v) is 7.92. The third-order valence-electron chi connectivity index (χ3n) is 3.44. The summed E-state index contributed by atoms with van der Waals surface area (Å²) >= 11 is 0. The Labute approximate surface area is 145 Å². The fourth-order valence-electron chi connectivity index (χ4n) is 2.14. The summed E-state index contributed by atoms with van der Waals surface area (Å²) in [6.45, 7) is 5.14. The third-order valence-corrected chi connectivity index (χ3v) is 3.44. The van der Waals surface area contributed by atoms with Gasteiger partial charge in [-0.05, 0) is 31.0 Å². The lowest BCUT2D eigenvalue weighted by Gasteiger charge is -2.17. The van der Waals surface area contributed by atoms with Gasteiger partial charge in [0.05, 0.1) is 19.8 Å². The van der Waals surface area contributed by atoms with E-state index in [0.29, 0.717) is 25.3 Å². The van der Waals surface area contributed by atoms with Crippen molar-refractivity contribution in [1.29, 1.82) is 0 Å². The summed E-state index contributed by atoms with van der Waals surface area (Å²) in [6, 6.07) is 5.65. The summed E-state index contributed by atoms with van der Waals surface area (Å²) < 4.78 is 11.1. The Balaban J connectivity index is 0.00000484. The predicted molar refractivity (Wildman–Crippen MR) is 95.5 cm³/mol. The van der Waals surface area contributed by atoms with Gasteiger partial charge >= 0.3 is 0 Å². The van der Waals surface area contributed by atoms with Crippen LogP contribution in [0.4, 0.5) is 0 Å². The van der Waals surface area contributed by atoms with E-state index in [-0.39, 0.29) is 24.4 Å². The molecule has 1 rings (SSSR count). The van der Waals surface area contributed by atoms with E-state index in [0.717, 1.165) is 24.2 Å². The van der Waals surface area contributed by atoms with Crippen molar-refractivity contribution in [2.45, 2.75) is 45.6 Å². The molecule has 0 aromatic heterocycles. The number of ether oxygens (including phenoxy) is 2. The molecule has 0 saturated carbocycles. The second-order valence-corrected chi connectivity index (χ2v) is 5.29. The van der Waals surface area contributed by atoms with Crippen LogP contribution in [0, 0.1) is 0 Å². The van der Waals surface area contributed by atoms with E-state index in [1.54, 1.807) is 7.11 Å². The van der Waals surface area contributed by atoms with Crippen molar-refractivity contribution in [3.8, 4) is 11.5 Å². The molecule has 1 atom stereocenters. The average Bonchev–Trinajstić information content (AvgIpc) is 2.51. The lowest BCUT2D eigenvalue weighted by atomic mass is 10.1. The highest BCUT2D eigenvalue weighted by Crippen LogP contribution is 2.30. The molecule has 0 radical (unpaired) electrons. The Bertz CT molecular complexity index is 469. The van der Waals surface area contributed by atoms with Gasteiger partial charge in [0, 0.05) is 13.0 Å². The van der Waals surface area contributed by atoms with Crippen LogP contribution in [0.15, 0.2) is 18.2 Å². The van der Waals surface area contributed by atoms with Crippen molar-refractivity contribution in [1.82, 2.24) is 5.32 Å². The van der Waals surface area contributed by atoms with Gasteiger partial charge in [-0.25, -0.2) is 0 Å². The molecule has 0 bridgehead atoms. The largest absolute Gasteiger partial charge is 0.493 e. The fraction of sp³-hybridized carbons (Fsp3) is 0.588. The van der Waals surface area contributed by atoms with Crippen LogP contribution >= 0.6 is 12.4 Å². The minimum Gasteiger partial charge on any atom is -0.493 e. The molecule has 23 heavy (non-hydrogen) atoms. The topological polar surface area (TPSA) is 73.6 Å². The van der Waals surface area contributed by atoms with Crippen LogP contribution in [0.2, 0.25) is 0 Å². The molecular formula is C17H29ClN2O3. The van der Waals surface area contributed by atoms with Crippen LogP contribution in [-0.4, -0.2) is 26.2 Å². The van der Waals surface area contributed by atoms with Gasteiger partial charge < -0.3 is 20.5 Å². The number of hydrogen-bond donors (Lipinski definition) is 2. The summed E-state index contributed by atoms with van der Waals surface area (Å²) in [5.41, 5.74) is 6.36. The minimum absolute atomic E-state index is 0. The number of unbranched alkanes of at least 4 members (excludes halogenated alkanes) is 2. The molecule has 132 valence electrons. The Morgan fingerprint density at radius 3 is 2.65 bits per heavy atom. The van der Waals surface area contributed by atoms with Crippen molar-refractivity contribution in [2.24, 2.45) is 5.73 Å². The SMILES string of the molecule is CCCCCOc1ccc(C(C)NC(=O)CCN)cc1OC.Cl. The van der Waals surface area contributed by atoms with Crippen molar-refractivity contribution < 1.29 is 14.3 Å². The van der Waals surface area contributed by atoms with Gasteiger partial charge in [-0.2, -0.15) is 0 Å². The minimum atomic E-state index is -0.0953. The normalized spacial score (nSPS) is 11.3. The number of carbonyl (C=O) groups excluding carboxylic acids is 1. The molecule has 3 N–H and O–H groups in total. The van der Waals surface area contributed by atoms with E-state index in [1.807, 2.05) is 25.1 Å². The Morgan fingerprint density at radius 2 is 2.04 bits per heavy atom. The molecule has 5 nitrogen and oxygen atoms in total. The zero-order valence-electron chi connectivity index (χ0n) is 14.3. The van der Waals surface area contributed by atoms with E-state index < -0.39 is 0 Å². The summed E-state index contributed by atoms with van der Waals surface area (Å²) in [5.74, 6) is 1.38. The van der Waals surface area contributed by atoms with Crippen LogP contribution in [0.5, 0.6) is 11.5 Å². The van der Waals surface area contributed by atoms with Gasteiger partial charge in [0.1, 0.15) is 0 Å². The zero-order valence-corrected chi connectivity index (χ0v) is 15.1. The summed E-state index contributed by atoms with van der Waals surface area (Å²) in [6.07, 6.45) is 3.69. The van der Waals surface area contributed by atoms with Gasteiger partial charge in [-0.1, -0.05) is 25.8 Å². The maximum atomic E-state index is 11.6. The predicted octanol–water partition coefficient (Wildman–Crippen LogP) is 3.21. The van der Waals surface area contributed by atoms with Crippen LogP contribution in [0.1, 0.15) is 51.1 Å². The molecule has 1 aromatic carbocycles. The van der Waals surface area contributed by atoms with Crippen molar-refractivity contribution in [3.05, 3.63) is 23.8 Å². The maximum absolute atomic E-state index is 11.6. The van der Waals surface area contributed by atoms with Gasteiger partial charge in [0.25, 0.3) is 0 Å². The summed E-state index contributed by atoms with van der Waals surface area (Å²) in [4.78, 5) is 11.6. The molecule has 6 heteroatoms. The van der Waals surface area contributed by atoms with Gasteiger partial charge in [-0.15, -0.1) is 12.4 Å². The first kappa shape index (κ1) is 21.5. The first-order chi connectivity index (χ1) is 10.6. The second kappa shape index (κ2) is 12.0. The summed E-state index contributed by atoms with van der Waals surface area (Å²) in [5, 5.41) is 2.91. The lowest BCUT2D eigenvalue weighted by molar-refractivity contribution is -0.121. The lowest BCUT2D eigenvalue weighted by Crippen LogP contribution is -2.28. The monoisotopic (exact) mass is 344 g/mol. The van der Waals surface area contributed by atoms with Gasteiger partial charge in [0.2, 0.25) is 5.91 Å². The Hall–Kier alpha value is -1.46. The van der Waals surface area contributed by atoms with Crippen LogP contribution in [0.25, 0.3) is 0 Å². The van der Waals surface area contributed by atoms with Crippen LogP contribution in [-0.2, 0) is 4.79 Å². The third kappa shape index (κ3) is 7.57. The molecule has 1 unspecified atom stereocenters. The highest BCUT2D eigenvalue weighted by Gasteiger charge is 2.12. The smallest absolute Gasteiger partial charge is 0.221 e. The molecule has 0 spiro atoms. The van der Waals surface area contributed by atoms with Crippen molar-refractivity contribution in [2.75, 3.05) is 20.3 Å². The molecule has 0 heterocycles. The number of benzene rings is 1. The van der Waals surface area contributed by atoms with Crippen LogP contribution < -0.4 is 20.5 Å². The fourth-order valence-corrected chi connectivity index (χ4v) is 2.14. The Kier molecular flexibility index (Phi) is 11.3. The van der Waals surface area contributed by atoms with E-state index in [4.69, 9.17) is 15.2 Å². The zero-order chi connectivity index (χ0) is 16.4. The number of amides is 1. The van der Waals surface area contributed by atoms with Gasteiger partial charge in [0.15, 0.2) is 11.5 Å². The summed E-state index contributed by atoms with van der Waals surface area (Å²) in [7, 11) is 1.62. The first-order valence-electron chi connectivity index (χ1n) is 7.92. The average molecular weight is 345 g/mol. The number of rotatable bonds is 10. The van der Waals surface area contributed by atoms with E-state index in [2.05, 4.69) is 12.2 Å². The van der Waals surface area contributed by atoms with E-state index in [9.17, 15) is 4.79 Å².